The van der Waals surface area contributed by atoms with Gasteiger partial charge in [-0.1, -0.05) is 20.3 Å². The molecule has 0 heterocycles. The molecule has 2 unspecified atom stereocenters. The van der Waals surface area contributed by atoms with Crippen molar-refractivity contribution in [3.05, 3.63) is 0 Å². The van der Waals surface area contributed by atoms with Crippen molar-refractivity contribution in [3.8, 4) is 0 Å². The zero-order valence-electron chi connectivity index (χ0n) is 9.05. The maximum absolute atomic E-state index is 5.81. The fourth-order valence-corrected chi connectivity index (χ4v) is 1.34. The van der Waals surface area contributed by atoms with Gasteiger partial charge in [-0.3, -0.25) is 0 Å². The molecule has 12 heavy (non-hydrogen) atoms. The third-order valence-electron chi connectivity index (χ3n) is 2.57. The second-order valence-electron chi connectivity index (χ2n) is 3.99. The van der Waals surface area contributed by atoms with E-state index in [9.17, 15) is 0 Å². The Labute approximate surface area is 76.5 Å². The van der Waals surface area contributed by atoms with Crippen LogP contribution in [0.4, 0.5) is 0 Å². The average molecular weight is 173 g/mol. The van der Waals surface area contributed by atoms with Crippen LogP contribution in [0.15, 0.2) is 0 Å². The molecular formula is C10H23NO. The number of hydrogen-bond acceptors (Lipinski definition) is 2. The van der Waals surface area contributed by atoms with Crippen molar-refractivity contribution in [2.45, 2.75) is 52.7 Å². The molecule has 2 heteroatoms. The van der Waals surface area contributed by atoms with Crippen molar-refractivity contribution < 1.29 is 4.74 Å². The van der Waals surface area contributed by atoms with Crippen LogP contribution in [0.25, 0.3) is 0 Å². The molecule has 2 N–H and O–H groups in total. The lowest BCUT2D eigenvalue weighted by Gasteiger charge is -2.36. The minimum atomic E-state index is -0.150. The summed E-state index contributed by atoms with van der Waals surface area (Å²) >= 11 is 0. The van der Waals surface area contributed by atoms with Crippen LogP contribution in [0.1, 0.15) is 41.0 Å². The van der Waals surface area contributed by atoms with E-state index in [0.29, 0.717) is 12.5 Å². The Kier molecular flexibility index (Phi) is 4.80. The summed E-state index contributed by atoms with van der Waals surface area (Å²) in [4.78, 5) is 0. The Hall–Kier alpha value is -0.0800. The number of ether oxygens (including phenoxy) is 1. The molecule has 0 spiro atoms. The number of nitrogens with two attached hydrogens (primary N) is 1. The summed E-state index contributed by atoms with van der Waals surface area (Å²) in [5.74, 6) is 0.518. The van der Waals surface area contributed by atoms with Crippen molar-refractivity contribution in [1.29, 1.82) is 0 Å². The van der Waals surface area contributed by atoms with Crippen LogP contribution in [-0.2, 0) is 4.74 Å². The van der Waals surface area contributed by atoms with E-state index in [2.05, 4.69) is 34.6 Å². The highest BCUT2D eigenvalue weighted by Gasteiger charge is 2.30. The summed E-state index contributed by atoms with van der Waals surface area (Å²) in [5, 5.41) is 0. The molecule has 0 rings (SSSR count). The van der Waals surface area contributed by atoms with Gasteiger partial charge in [-0.15, -0.1) is 0 Å². The van der Waals surface area contributed by atoms with Gasteiger partial charge in [-0.05, 0) is 26.7 Å². The standard InChI is InChI=1S/C10H23NO/c1-6-9(4)10(5,7-11)12-8(2)3/h8-9H,6-7,11H2,1-5H3. The van der Waals surface area contributed by atoms with Gasteiger partial charge in [0.1, 0.15) is 0 Å². The molecule has 74 valence electrons. The van der Waals surface area contributed by atoms with Gasteiger partial charge in [-0.25, -0.2) is 0 Å². The summed E-state index contributed by atoms with van der Waals surface area (Å²) in [6, 6.07) is 0. The topological polar surface area (TPSA) is 35.2 Å². The minimum Gasteiger partial charge on any atom is -0.371 e. The molecule has 0 aromatic carbocycles. The van der Waals surface area contributed by atoms with Crippen LogP contribution in [0, 0.1) is 5.92 Å². The Balaban J connectivity index is 4.22. The Morgan fingerprint density at radius 1 is 1.33 bits per heavy atom. The highest BCUT2D eigenvalue weighted by Crippen LogP contribution is 2.24. The normalized spacial score (nSPS) is 19.2. The van der Waals surface area contributed by atoms with Gasteiger partial charge in [0.05, 0.1) is 11.7 Å². The second kappa shape index (κ2) is 4.83. The van der Waals surface area contributed by atoms with E-state index in [0.717, 1.165) is 6.42 Å². The van der Waals surface area contributed by atoms with Crippen LogP contribution in [0.2, 0.25) is 0 Å². The monoisotopic (exact) mass is 173 g/mol. The zero-order chi connectivity index (χ0) is 9.78. The van der Waals surface area contributed by atoms with Crippen molar-refractivity contribution in [1.82, 2.24) is 0 Å². The van der Waals surface area contributed by atoms with Gasteiger partial charge in [0.25, 0.3) is 0 Å². The first kappa shape index (κ1) is 11.9. The van der Waals surface area contributed by atoms with E-state index in [-0.39, 0.29) is 11.7 Å². The van der Waals surface area contributed by atoms with E-state index in [1.165, 1.54) is 0 Å². The predicted octanol–water partition coefficient (Wildman–Crippen LogP) is 2.17. The van der Waals surface area contributed by atoms with Crippen molar-refractivity contribution in [3.63, 3.8) is 0 Å². The molecule has 0 saturated carbocycles. The fourth-order valence-electron chi connectivity index (χ4n) is 1.34. The maximum Gasteiger partial charge on any atom is 0.0804 e. The van der Waals surface area contributed by atoms with Crippen LogP contribution in [-0.4, -0.2) is 18.2 Å². The third-order valence-corrected chi connectivity index (χ3v) is 2.57. The van der Waals surface area contributed by atoms with Crippen molar-refractivity contribution in [2.75, 3.05) is 6.54 Å². The predicted molar refractivity (Wildman–Crippen MR) is 53.1 cm³/mol. The summed E-state index contributed by atoms with van der Waals surface area (Å²) in [7, 11) is 0. The molecule has 0 fully saturated rings. The molecule has 0 aliphatic carbocycles. The molecule has 2 atom stereocenters. The highest BCUT2D eigenvalue weighted by atomic mass is 16.5. The highest BCUT2D eigenvalue weighted by molar-refractivity contribution is 4.82. The first-order chi connectivity index (χ1) is 5.46. The Bertz CT molecular complexity index is 125. The van der Waals surface area contributed by atoms with Gasteiger partial charge in [0, 0.05) is 6.54 Å². The minimum absolute atomic E-state index is 0.150. The molecule has 0 aromatic heterocycles. The summed E-state index contributed by atoms with van der Waals surface area (Å²) in [5.41, 5.74) is 5.56. The molecule has 0 saturated heterocycles. The number of hydrogen-bond donors (Lipinski definition) is 1. The first-order valence-electron chi connectivity index (χ1n) is 4.84. The maximum atomic E-state index is 5.81. The van der Waals surface area contributed by atoms with Crippen LogP contribution in [0.3, 0.4) is 0 Å². The van der Waals surface area contributed by atoms with Gasteiger partial charge in [-0.2, -0.15) is 0 Å². The lowest BCUT2D eigenvalue weighted by Crippen LogP contribution is -2.45. The lowest BCUT2D eigenvalue weighted by molar-refractivity contribution is -0.0947. The van der Waals surface area contributed by atoms with Crippen molar-refractivity contribution in [2.24, 2.45) is 11.7 Å². The lowest BCUT2D eigenvalue weighted by atomic mass is 9.88. The van der Waals surface area contributed by atoms with Gasteiger partial charge >= 0.3 is 0 Å². The zero-order valence-corrected chi connectivity index (χ0v) is 9.05. The van der Waals surface area contributed by atoms with Crippen LogP contribution in [0.5, 0.6) is 0 Å². The summed E-state index contributed by atoms with van der Waals surface area (Å²) < 4.78 is 5.81. The molecule has 2 nitrogen and oxygen atoms in total. The largest absolute Gasteiger partial charge is 0.371 e. The van der Waals surface area contributed by atoms with Gasteiger partial charge < -0.3 is 10.5 Å². The van der Waals surface area contributed by atoms with Gasteiger partial charge in [0.2, 0.25) is 0 Å². The van der Waals surface area contributed by atoms with Crippen LogP contribution >= 0.6 is 0 Å². The molecular weight excluding hydrogens is 150 g/mol. The number of rotatable bonds is 5. The van der Waals surface area contributed by atoms with Crippen LogP contribution < -0.4 is 5.73 Å². The molecule has 0 bridgehead atoms. The second-order valence-corrected chi connectivity index (χ2v) is 3.99. The van der Waals surface area contributed by atoms with E-state index in [1.54, 1.807) is 0 Å². The molecule has 0 aliphatic rings. The van der Waals surface area contributed by atoms with E-state index in [4.69, 9.17) is 10.5 Å². The average Bonchev–Trinajstić information content (AvgIpc) is 2.01. The third kappa shape index (κ3) is 3.11. The fraction of sp³-hybridized carbons (Fsp3) is 1.00. The SMILES string of the molecule is CCC(C)C(C)(CN)OC(C)C. The van der Waals surface area contributed by atoms with E-state index < -0.39 is 0 Å². The summed E-state index contributed by atoms with van der Waals surface area (Å²) in [6.45, 7) is 11.2. The van der Waals surface area contributed by atoms with Gasteiger partial charge in [0.15, 0.2) is 0 Å². The molecule has 0 aromatic rings. The summed E-state index contributed by atoms with van der Waals surface area (Å²) in [6.07, 6.45) is 1.37. The Morgan fingerprint density at radius 3 is 2.08 bits per heavy atom. The van der Waals surface area contributed by atoms with E-state index >= 15 is 0 Å². The Morgan fingerprint density at radius 2 is 1.83 bits per heavy atom. The quantitative estimate of drug-likeness (QED) is 0.691. The smallest absolute Gasteiger partial charge is 0.0804 e. The van der Waals surface area contributed by atoms with E-state index in [1.807, 2.05) is 0 Å². The molecule has 0 amide bonds. The van der Waals surface area contributed by atoms with Crippen molar-refractivity contribution >= 4 is 0 Å². The first-order valence-corrected chi connectivity index (χ1v) is 4.84. The molecule has 0 radical (unpaired) electrons. The molecule has 0 aliphatic heterocycles.